The zero-order chi connectivity index (χ0) is 11.7. The number of amides is 1. The number of likely N-dealkylation sites (tertiary alicyclic amines) is 1. The first kappa shape index (κ1) is 11.2. The highest BCUT2D eigenvalue weighted by atomic mass is 16.4. The summed E-state index contributed by atoms with van der Waals surface area (Å²) < 4.78 is 5.45. The molecule has 1 aromatic heterocycles. The number of aryl methyl sites for hydroxylation is 1. The maximum Gasteiger partial charge on any atom is 0.291 e. The highest BCUT2D eigenvalue weighted by Gasteiger charge is 2.27. The van der Waals surface area contributed by atoms with Crippen molar-refractivity contribution in [1.29, 1.82) is 0 Å². The molecule has 1 saturated heterocycles. The normalized spacial score (nSPS) is 16.1. The molecule has 0 unspecified atom stereocenters. The van der Waals surface area contributed by atoms with E-state index in [0.717, 1.165) is 31.6 Å². The topological polar surface area (TPSA) is 46.3 Å². The Balaban J connectivity index is 2.28. The van der Waals surface area contributed by atoms with Gasteiger partial charge in [-0.2, -0.15) is 0 Å². The van der Waals surface area contributed by atoms with E-state index < -0.39 is 0 Å². The Bertz CT molecular complexity index is 390. The van der Waals surface area contributed by atoms with E-state index >= 15 is 0 Å². The molecule has 88 valence electrons. The largest absolute Gasteiger partial charge is 0.436 e. The molecular weight excluding hydrogens is 204 g/mol. The quantitative estimate of drug-likeness (QED) is 0.771. The number of hydrogen-bond donors (Lipinski definition) is 0. The number of nitrogens with zero attached hydrogens (tertiary/aromatic N) is 2. The molecule has 0 N–H and O–H groups in total. The van der Waals surface area contributed by atoms with Crippen molar-refractivity contribution in [2.75, 3.05) is 13.1 Å². The number of aromatic nitrogens is 1. The molecule has 16 heavy (non-hydrogen) atoms. The molecule has 0 spiro atoms. The van der Waals surface area contributed by atoms with Crippen LogP contribution in [0.1, 0.15) is 54.7 Å². The Morgan fingerprint density at radius 1 is 1.38 bits per heavy atom. The molecule has 0 atom stereocenters. The smallest absolute Gasteiger partial charge is 0.291 e. The standard InChI is InChI=1S/C12H18N2O2/c1-8(2)10-11(16-9(3)13-10)12(15)14-6-4-5-7-14/h8H,4-7H2,1-3H3. The van der Waals surface area contributed by atoms with Gasteiger partial charge in [0.2, 0.25) is 5.76 Å². The lowest BCUT2D eigenvalue weighted by atomic mass is 10.1. The monoisotopic (exact) mass is 222 g/mol. The molecule has 0 aromatic carbocycles. The Labute approximate surface area is 95.6 Å². The highest BCUT2D eigenvalue weighted by Crippen LogP contribution is 2.22. The van der Waals surface area contributed by atoms with Crippen molar-refractivity contribution in [2.24, 2.45) is 0 Å². The lowest BCUT2D eigenvalue weighted by Gasteiger charge is -2.14. The summed E-state index contributed by atoms with van der Waals surface area (Å²) in [6, 6.07) is 0. The van der Waals surface area contributed by atoms with Crippen LogP contribution in [0.15, 0.2) is 4.42 Å². The van der Waals surface area contributed by atoms with Crippen LogP contribution >= 0.6 is 0 Å². The zero-order valence-corrected chi connectivity index (χ0v) is 10.1. The molecule has 1 aliphatic heterocycles. The van der Waals surface area contributed by atoms with Crippen LogP contribution in [0.25, 0.3) is 0 Å². The first-order chi connectivity index (χ1) is 7.59. The van der Waals surface area contributed by atoms with Gasteiger partial charge in [0.05, 0.1) is 5.69 Å². The molecule has 2 heterocycles. The average Bonchev–Trinajstić information content (AvgIpc) is 2.84. The fourth-order valence-corrected chi connectivity index (χ4v) is 2.05. The maximum absolute atomic E-state index is 12.2. The van der Waals surface area contributed by atoms with Gasteiger partial charge in [-0.15, -0.1) is 0 Å². The van der Waals surface area contributed by atoms with Crippen molar-refractivity contribution in [1.82, 2.24) is 9.88 Å². The second-order valence-corrected chi connectivity index (χ2v) is 4.60. The fourth-order valence-electron chi connectivity index (χ4n) is 2.05. The Kier molecular flexibility index (Phi) is 2.99. The summed E-state index contributed by atoms with van der Waals surface area (Å²) in [6.07, 6.45) is 2.19. The highest BCUT2D eigenvalue weighted by molar-refractivity contribution is 5.92. The van der Waals surface area contributed by atoms with Crippen molar-refractivity contribution in [3.8, 4) is 0 Å². The van der Waals surface area contributed by atoms with E-state index in [2.05, 4.69) is 4.98 Å². The van der Waals surface area contributed by atoms with E-state index in [9.17, 15) is 4.79 Å². The molecule has 0 aliphatic carbocycles. The molecule has 0 radical (unpaired) electrons. The lowest BCUT2D eigenvalue weighted by molar-refractivity contribution is 0.0758. The third kappa shape index (κ3) is 1.96. The zero-order valence-electron chi connectivity index (χ0n) is 10.1. The summed E-state index contributed by atoms with van der Waals surface area (Å²) in [4.78, 5) is 18.3. The maximum atomic E-state index is 12.2. The number of hydrogen-bond acceptors (Lipinski definition) is 3. The second kappa shape index (κ2) is 4.28. The first-order valence-electron chi connectivity index (χ1n) is 5.86. The van der Waals surface area contributed by atoms with Crippen LogP contribution in [-0.4, -0.2) is 28.9 Å². The van der Waals surface area contributed by atoms with Crippen LogP contribution in [0.3, 0.4) is 0 Å². The Hall–Kier alpha value is -1.32. The minimum absolute atomic E-state index is 0.00167. The minimum Gasteiger partial charge on any atom is -0.436 e. The van der Waals surface area contributed by atoms with E-state index in [1.807, 2.05) is 18.7 Å². The Morgan fingerprint density at radius 3 is 2.56 bits per heavy atom. The SMILES string of the molecule is Cc1nc(C(C)C)c(C(=O)N2CCCC2)o1. The van der Waals surface area contributed by atoms with Gasteiger partial charge >= 0.3 is 0 Å². The number of carbonyl (C=O) groups is 1. The van der Waals surface area contributed by atoms with Gasteiger partial charge < -0.3 is 9.32 Å². The summed E-state index contributed by atoms with van der Waals surface area (Å²) in [6.45, 7) is 7.52. The summed E-state index contributed by atoms with van der Waals surface area (Å²) in [5.41, 5.74) is 0.786. The minimum atomic E-state index is 0.00167. The number of oxazole rings is 1. The van der Waals surface area contributed by atoms with Crippen LogP contribution in [0, 0.1) is 6.92 Å². The van der Waals surface area contributed by atoms with E-state index in [-0.39, 0.29) is 11.8 Å². The molecular formula is C12H18N2O2. The van der Waals surface area contributed by atoms with E-state index in [4.69, 9.17) is 4.42 Å². The van der Waals surface area contributed by atoms with E-state index in [0.29, 0.717) is 11.7 Å². The van der Waals surface area contributed by atoms with Crippen LogP contribution in [-0.2, 0) is 0 Å². The predicted molar refractivity (Wildman–Crippen MR) is 60.5 cm³/mol. The van der Waals surface area contributed by atoms with Crippen molar-refractivity contribution >= 4 is 5.91 Å². The molecule has 1 aliphatic rings. The van der Waals surface area contributed by atoms with Crippen LogP contribution in [0.2, 0.25) is 0 Å². The van der Waals surface area contributed by atoms with Gasteiger partial charge in [0.25, 0.3) is 5.91 Å². The predicted octanol–water partition coefficient (Wildman–Crippen LogP) is 2.34. The van der Waals surface area contributed by atoms with Crippen molar-refractivity contribution in [2.45, 2.75) is 39.5 Å². The molecule has 1 fully saturated rings. The molecule has 4 heteroatoms. The van der Waals surface area contributed by atoms with Gasteiger partial charge in [0.15, 0.2) is 5.89 Å². The van der Waals surface area contributed by atoms with Gasteiger partial charge in [0.1, 0.15) is 0 Å². The third-order valence-corrected chi connectivity index (χ3v) is 2.89. The molecule has 1 aromatic rings. The lowest BCUT2D eigenvalue weighted by Crippen LogP contribution is -2.28. The molecule has 4 nitrogen and oxygen atoms in total. The van der Waals surface area contributed by atoms with Crippen molar-refractivity contribution in [3.63, 3.8) is 0 Å². The first-order valence-corrected chi connectivity index (χ1v) is 5.86. The van der Waals surface area contributed by atoms with Gasteiger partial charge in [-0.05, 0) is 18.8 Å². The third-order valence-electron chi connectivity index (χ3n) is 2.89. The Morgan fingerprint density at radius 2 is 2.00 bits per heavy atom. The van der Waals surface area contributed by atoms with Crippen LogP contribution in [0.5, 0.6) is 0 Å². The summed E-state index contributed by atoms with van der Waals surface area (Å²) in [7, 11) is 0. The van der Waals surface area contributed by atoms with Gasteiger partial charge in [-0.3, -0.25) is 4.79 Å². The van der Waals surface area contributed by atoms with Crippen LogP contribution in [0.4, 0.5) is 0 Å². The number of carbonyl (C=O) groups excluding carboxylic acids is 1. The van der Waals surface area contributed by atoms with Crippen molar-refractivity contribution in [3.05, 3.63) is 17.3 Å². The van der Waals surface area contributed by atoms with Gasteiger partial charge in [-0.1, -0.05) is 13.8 Å². The van der Waals surface area contributed by atoms with Gasteiger partial charge in [-0.25, -0.2) is 4.98 Å². The summed E-state index contributed by atoms with van der Waals surface area (Å²) in [5, 5.41) is 0. The fraction of sp³-hybridized carbons (Fsp3) is 0.667. The second-order valence-electron chi connectivity index (χ2n) is 4.60. The van der Waals surface area contributed by atoms with Gasteiger partial charge in [0, 0.05) is 20.0 Å². The van der Waals surface area contributed by atoms with E-state index in [1.54, 1.807) is 6.92 Å². The molecule has 2 rings (SSSR count). The number of rotatable bonds is 2. The molecule has 1 amide bonds. The molecule has 0 bridgehead atoms. The molecule has 0 saturated carbocycles. The summed E-state index contributed by atoms with van der Waals surface area (Å²) in [5.74, 6) is 1.24. The summed E-state index contributed by atoms with van der Waals surface area (Å²) >= 11 is 0. The average molecular weight is 222 g/mol. The van der Waals surface area contributed by atoms with Crippen LogP contribution < -0.4 is 0 Å². The van der Waals surface area contributed by atoms with Crippen molar-refractivity contribution < 1.29 is 9.21 Å². The van der Waals surface area contributed by atoms with E-state index in [1.165, 1.54) is 0 Å².